The zero-order valence-electron chi connectivity index (χ0n) is 11.5. The van der Waals surface area contributed by atoms with Crippen LogP contribution in [0.25, 0.3) is 0 Å². The number of likely N-dealkylation sites (tertiary alicyclic amines) is 1. The summed E-state index contributed by atoms with van der Waals surface area (Å²) in [6.45, 7) is 2.39. The fourth-order valence-corrected chi connectivity index (χ4v) is 2.46. The zero-order chi connectivity index (χ0) is 14.5. The Morgan fingerprint density at radius 2 is 1.85 bits per heavy atom. The maximum absolute atomic E-state index is 11.3. The highest BCUT2D eigenvalue weighted by Gasteiger charge is 2.24. The summed E-state index contributed by atoms with van der Waals surface area (Å²) >= 11 is 0. The molecule has 20 heavy (non-hydrogen) atoms. The molecule has 108 valence electrons. The molecule has 1 aromatic rings. The molecule has 0 aromatic heterocycles. The molecular formula is C15H19NO4. The van der Waals surface area contributed by atoms with E-state index in [1.165, 1.54) is 7.11 Å². The molecule has 1 heterocycles. The van der Waals surface area contributed by atoms with E-state index in [4.69, 9.17) is 5.11 Å². The van der Waals surface area contributed by atoms with E-state index in [1.807, 2.05) is 12.1 Å². The second-order valence-corrected chi connectivity index (χ2v) is 5.08. The highest BCUT2D eigenvalue weighted by Crippen LogP contribution is 2.19. The third kappa shape index (κ3) is 3.57. The van der Waals surface area contributed by atoms with Crippen LogP contribution >= 0.6 is 0 Å². The minimum atomic E-state index is -0.688. The largest absolute Gasteiger partial charge is 0.481 e. The molecule has 0 aliphatic carbocycles. The number of rotatable bonds is 4. The van der Waals surface area contributed by atoms with Gasteiger partial charge < -0.3 is 9.84 Å². The van der Waals surface area contributed by atoms with Crippen molar-refractivity contribution in [2.75, 3.05) is 20.2 Å². The molecule has 0 spiro atoms. The lowest BCUT2D eigenvalue weighted by molar-refractivity contribution is -0.143. The molecule has 1 aliphatic heterocycles. The molecule has 0 atom stereocenters. The van der Waals surface area contributed by atoms with Gasteiger partial charge >= 0.3 is 11.9 Å². The van der Waals surface area contributed by atoms with Crippen molar-refractivity contribution in [1.29, 1.82) is 0 Å². The van der Waals surface area contributed by atoms with Crippen molar-refractivity contribution in [1.82, 2.24) is 4.90 Å². The first kappa shape index (κ1) is 14.5. The van der Waals surface area contributed by atoms with Gasteiger partial charge in [0.15, 0.2) is 0 Å². The predicted octanol–water partition coefficient (Wildman–Crippen LogP) is 1.77. The second kappa shape index (κ2) is 6.52. The number of carboxylic acids is 1. The first-order chi connectivity index (χ1) is 9.60. The number of nitrogens with zero attached hydrogens (tertiary/aromatic N) is 1. The number of hydrogen-bond donors (Lipinski definition) is 1. The highest BCUT2D eigenvalue weighted by atomic mass is 16.5. The number of carboxylic acid groups (broad SMARTS) is 1. The monoisotopic (exact) mass is 277 g/mol. The van der Waals surface area contributed by atoms with Crippen LogP contribution < -0.4 is 0 Å². The van der Waals surface area contributed by atoms with E-state index in [9.17, 15) is 9.59 Å². The smallest absolute Gasteiger partial charge is 0.337 e. The standard InChI is InChI=1S/C15H19NO4/c1-20-15(19)13-4-2-11(3-5-13)10-16-8-6-12(7-9-16)14(17)18/h2-5,12H,6-10H2,1H3,(H,17,18). The third-order valence-corrected chi connectivity index (χ3v) is 3.72. The summed E-state index contributed by atoms with van der Waals surface area (Å²) in [4.78, 5) is 24.5. The van der Waals surface area contributed by atoms with E-state index in [-0.39, 0.29) is 11.9 Å². The van der Waals surface area contributed by atoms with E-state index in [2.05, 4.69) is 9.64 Å². The van der Waals surface area contributed by atoms with Gasteiger partial charge in [0.05, 0.1) is 18.6 Å². The van der Waals surface area contributed by atoms with Crippen LogP contribution in [0.2, 0.25) is 0 Å². The summed E-state index contributed by atoms with van der Waals surface area (Å²) in [7, 11) is 1.36. The van der Waals surface area contributed by atoms with Crippen LogP contribution in [0.4, 0.5) is 0 Å². The van der Waals surface area contributed by atoms with Gasteiger partial charge in [-0.3, -0.25) is 9.69 Å². The number of carbonyl (C=O) groups is 2. The third-order valence-electron chi connectivity index (χ3n) is 3.72. The van der Waals surface area contributed by atoms with Crippen molar-refractivity contribution < 1.29 is 19.4 Å². The summed E-state index contributed by atoms with van der Waals surface area (Å²) in [6.07, 6.45) is 1.41. The maximum Gasteiger partial charge on any atom is 0.337 e. The Kier molecular flexibility index (Phi) is 4.74. The van der Waals surface area contributed by atoms with Gasteiger partial charge in [0, 0.05) is 6.54 Å². The molecule has 1 aromatic carbocycles. The second-order valence-electron chi connectivity index (χ2n) is 5.08. The number of aliphatic carboxylic acids is 1. The molecule has 0 bridgehead atoms. The molecule has 5 heteroatoms. The number of methoxy groups -OCH3 is 1. The maximum atomic E-state index is 11.3. The van der Waals surface area contributed by atoms with Crippen LogP contribution in [-0.2, 0) is 16.1 Å². The molecule has 1 N–H and O–H groups in total. The summed E-state index contributed by atoms with van der Waals surface area (Å²) in [5.74, 6) is -1.22. The number of carbonyl (C=O) groups excluding carboxylic acids is 1. The van der Waals surface area contributed by atoms with E-state index in [1.54, 1.807) is 12.1 Å². The van der Waals surface area contributed by atoms with E-state index < -0.39 is 5.97 Å². The number of ether oxygens (including phenoxy) is 1. The van der Waals surface area contributed by atoms with E-state index >= 15 is 0 Å². The normalized spacial score (nSPS) is 16.9. The first-order valence-electron chi connectivity index (χ1n) is 6.72. The fourth-order valence-electron chi connectivity index (χ4n) is 2.46. The van der Waals surface area contributed by atoms with Crippen LogP contribution in [0, 0.1) is 5.92 Å². The molecule has 1 fully saturated rings. The average Bonchev–Trinajstić information content (AvgIpc) is 2.48. The lowest BCUT2D eigenvalue weighted by atomic mass is 9.97. The molecule has 0 amide bonds. The van der Waals surface area contributed by atoms with Crippen molar-refractivity contribution in [2.45, 2.75) is 19.4 Å². The lowest BCUT2D eigenvalue weighted by Crippen LogP contribution is -2.35. The molecule has 2 rings (SSSR count). The summed E-state index contributed by atoms with van der Waals surface area (Å²) in [5, 5.41) is 8.96. The Balaban J connectivity index is 1.88. The number of hydrogen-bond acceptors (Lipinski definition) is 4. The van der Waals surface area contributed by atoms with Crippen molar-refractivity contribution in [3.05, 3.63) is 35.4 Å². The van der Waals surface area contributed by atoms with Gasteiger partial charge in [0.25, 0.3) is 0 Å². The Hall–Kier alpha value is -1.88. The minimum Gasteiger partial charge on any atom is -0.481 e. The van der Waals surface area contributed by atoms with Crippen LogP contribution in [0.1, 0.15) is 28.8 Å². The summed E-state index contributed by atoms with van der Waals surface area (Å²) < 4.78 is 4.66. The SMILES string of the molecule is COC(=O)c1ccc(CN2CCC(C(=O)O)CC2)cc1. The zero-order valence-corrected chi connectivity index (χ0v) is 11.5. The van der Waals surface area contributed by atoms with Crippen molar-refractivity contribution in [3.63, 3.8) is 0 Å². The van der Waals surface area contributed by atoms with Crippen molar-refractivity contribution in [2.24, 2.45) is 5.92 Å². The van der Waals surface area contributed by atoms with Gasteiger partial charge in [-0.1, -0.05) is 12.1 Å². The Bertz CT molecular complexity index is 475. The quantitative estimate of drug-likeness (QED) is 0.850. The van der Waals surface area contributed by atoms with Gasteiger partial charge in [-0.15, -0.1) is 0 Å². The van der Waals surface area contributed by atoms with Gasteiger partial charge in [-0.25, -0.2) is 4.79 Å². The molecule has 0 saturated carbocycles. The predicted molar refractivity (Wildman–Crippen MR) is 73.4 cm³/mol. The molecule has 1 aliphatic rings. The minimum absolute atomic E-state index is 0.201. The van der Waals surface area contributed by atoms with Gasteiger partial charge in [0.1, 0.15) is 0 Å². The van der Waals surface area contributed by atoms with Crippen LogP contribution in [0.3, 0.4) is 0 Å². The summed E-state index contributed by atoms with van der Waals surface area (Å²) in [5.41, 5.74) is 1.66. The molecule has 5 nitrogen and oxygen atoms in total. The van der Waals surface area contributed by atoms with Crippen LogP contribution in [0.15, 0.2) is 24.3 Å². The van der Waals surface area contributed by atoms with Gasteiger partial charge in [-0.05, 0) is 43.6 Å². The van der Waals surface area contributed by atoms with Gasteiger partial charge in [-0.2, -0.15) is 0 Å². The van der Waals surface area contributed by atoms with Crippen LogP contribution in [0.5, 0.6) is 0 Å². The van der Waals surface area contributed by atoms with Crippen molar-refractivity contribution in [3.8, 4) is 0 Å². The fraction of sp³-hybridized carbons (Fsp3) is 0.467. The Morgan fingerprint density at radius 3 is 2.35 bits per heavy atom. The first-order valence-corrected chi connectivity index (χ1v) is 6.72. The number of piperidine rings is 1. The molecule has 1 saturated heterocycles. The highest BCUT2D eigenvalue weighted by molar-refractivity contribution is 5.89. The van der Waals surface area contributed by atoms with E-state index in [0.29, 0.717) is 18.4 Å². The number of benzene rings is 1. The molecule has 0 unspecified atom stereocenters. The Morgan fingerprint density at radius 1 is 1.25 bits per heavy atom. The Labute approximate surface area is 118 Å². The van der Waals surface area contributed by atoms with E-state index in [0.717, 1.165) is 25.2 Å². The van der Waals surface area contributed by atoms with Crippen LogP contribution in [-0.4, -0.2) is 42.1 Å². The van der Waals surface area contributed by atoms with Gasteiger partial charge in [0.2, 0.25) is 0 Å². The molecular weight excluding hydrogens is 258 g/mol. The molecule has 0 radical (unpaired) electrons. The summed E-state index contributed by atoms with van der Waals surface area (Å²) in [6, 6.07) is 7.33. The lowest BCUT2D eigenvalue weighted by Gasteiger charge is -2.30. The number of esters is 1. The topological polar surface area (TPSA) is 66.8 Å². The van der Waals surface area contributed by atoms with Crippen molar-refractivity contribution >= 4 is 11.9 Å². The average molecular weight is 277 g/mol.